The predicted molar refractivity (Wildman–Crippen MR) is 87.4 cm³/mol. The van der Waals surface area contributed by atoms with Crippen LogP contribution in [-0.2, 0) is 6.54 Å². The van der Waals surface area contributed by atoms with E-state index in [0.717, 1.165) is 24.7 Å². The Morgan fingerprint density at radius 1 is 1.30 bits per heavy atom. The maximum atomic E-state index is 12.2. The lowest BCUT2D eigenvalue weighted by Crippen LogP contribution is -2.31. The normalized spacial score (nSPS) is 14.8. The summed E-state index contributed by atoms with van der Waals surface area (Å²) in [5.41, 5.74) is 0.565. The van der Waals surface area contributed by atoms with Crippen LogP contribution in [0.5, 0.6) is 0 Å². The molecule has 0 radical (unpaired) electrons. The van der Waals surface area contributed by atoms with Crippen LogP contribution < -0.4 is 10.2 Å². The Balaban J connectivity index is 1.64. The van der Waals surface area contributed by atoms with Crippen LogP contribution in [0.4, 0.5) is 5.82 Å². The van der Waals surface area contributed by atoms with Crippen molar-refractivity contribution in [3.8, 4) is 0 Å². The number of anilines is 1. The number of rotatable bonds is 4. The fraction of sp³-hybridized carbons (Fsp3) is 0.471. The Kier molecular flexibility index (Phi) is 4.60. The van der Waals surface area contributed by atoms with Gasteiger partial charge in [0.1, 0.15) is 23.2 Å². The molecule has 0 unspecified atom stereocenters. The highest BCUT2D eigenvalue weighted by molar-refractivity contribution is 5.95. The summed E-state index contributed by atoms with van der Waals surface area (Å²) < 4.78 is 5.39. The first-order valence-corrected chi connectivity index (χ1v) is 8.05. The van der Waals surface area contributed by atoms with E-state index in [2.05, 4.69) is 20.2 Å². The van der Waals surface area contributed by atoms with Gasteiger partial charge in [-0.15, -0.1) is 0 Å². The van der Waals surface area contributed by atoms with Gasteiger partial charge in [0.05, 0.1) is 12.1 Å². The molecule has 23 heavy (non-hydrogen) atoms. The number of carbonyl (C=O) groups is 1. The quantitative estimate of drug-likeness (QED) is 0.939. The van der Waals surface area contributed by atoms with Gasteiger partial charge in [-0.1, -0.05) is 0 Å². The topological polar surface area (TPSA) is 71.3 Å². The summed E-state index contributed by atoms with van der Waals surface area (Å²) in [5.74, 6) is 2.77. The summed E-state index contributed by atoms with van der Waals surface area (Å²) in [6, 6.07) is 3.68. The van der Waals surface area contributed by atoms with Gasteiger partial charge in [0.15, 0.2) is 0 Å². The number of nitrogens with one attached hydrogen (secondary N) is 1. The van der Waals surface area contributed by atoms with Gasteiger partial charge < -0.3 is 14.6 Å². The molecule has 3 rings (SSSR count). The molecule has 122 valence electrons. The van der Waals surface area contributed by atoms with E-state index in [-0.39, 0.29) is 5.91 Å². The SMILES string of the molecule is Cc1cc(C(=O)NCc2nccc(N3CCCCC3)n2)c(C)o1. The van der Waals surface area contributed by atoms with Crippen LogP contribution in [0.25, 0.3) is 0 Å². The fourth-order valence-electron chi connectivity index (χ4n) is 2.88. The van der Waals surface area contributed by atoms with Gasteiger partial charge in [0.2, 0.25) is 0 Å². The predicted octanol–water partition coefficient (Wildman–Crippen LogP) is 2.61. The molecule has 6 nitrogen and oxygen atoms in total. The first-order valence-electron chi connectivity index (χ1n) is 8.05. The van der Waals surface area contributed by atoms with Crippen molar-refractivity contribution < 1.29 is 9.21 Å². The van der Waals surface area contributed by atoms with Crippen LogP contribution in [0, 0.1) is 13.8 Å². The number of aryl methyl sites for hydroxylation is 2. The molecule has 0 bridgehead atoms. The van der Waals surface area contributed by atoms with E-state index in [0.29, 0.717) is 23.7 Å². The summed E-state index contributed by atoms with van der Waals surface area (Å²) in [7, 11) is 0. The number of piperidine rings is 1. The molecule has 2 aromatic heterocycles. The lowest BCUT2D eigenvalue weighted by molar-refractivity contribution is 0.0948. The fourth-order valence-corrected chi connectivity index (χ4v) is 2.88. The van der Waals surface area contributed by atoms with Gasteiger partial charge in [0.25, 0.3) is 5.91 Å². The molecule has 6 heteroatoms. The first-order chi connectivity index (χ1) is 11.1. The number of amides is 1. The number of hydrogen-bond donors (Lipinski definition) is 1. The van der Waals surface area contributed by atoms with Crippen molar-refractivity contribution in [3.63, 3.8) is 0 Å². The van der Waals surface area contributed by atoms with Gasteiger partial charge in [-0.05, 0) is 45.2 Å². The second-order valence-electron chi connectivity index (χ2n) is 5.89. The Labute approximate surface area is 135 Å². The first kappa shape index (κ1) is 15.5. The third-order valence-corrected chi connectivity index (χ3v) is 4.06. The molecule has 0 spiro atoms. The average molecular weight is 314 g/mol. The Hall–Kier alpha value is -2.37. The molecule has 3 heterocycles. The monoisotopic (exact) mass is 314 g/mol. The van der Waals surface area contributed by atoms with E-state index in [4.69, 9.17) is 4.42 Å². The van der Waals surface area contributed by atoms with E-state index in [9.17, 15) is 4.79 Å². The van der Waals surface area contributed by atoms with E-state index in [1.165, 1.54) is 19.3 Å². The minimum Gasteiger partial charge on any atom is -0.466 e. The molecule has 1 saturated heterocycles. The summed E-state index contributed by atoms with van der Waals surface area (Å²) in [4.78, 5) is 23.3. The van der Waals surface area contributed by atoms with Gasteiger partial charge in [-0.2, -0.15) is 0 Å². The van der Waals surface area contributed by atoms with E-state index < -0.39 is 0 Å². The second kappa shape index (κ2) is 6.81. The van der Waals surface area contributed by atoms with Crippen molar-refractivity contribution in [2.75, 3.05) is 18.0 Å². The average Bonchev–Trinajstić information content (AvgIpc) is 2.92. The molecule has 0 atom stereocenters. The number of nitrogens with zero attached hydrogens (tertiary/aromatic N) is 3. The molecule has 0 aliphatic carbocycles. The molecule has 1 amide bonds. The number of carbonyl (C=O) groups excluding carboxylic acids is 1. The Morgan fingerprint density at radius 2 is 2.09 bits per heavy atom. The molecule has 1 fully saturated rings. The highest BCUT2D eigenvalue weighted by atomic mass is 16.3. The van der Waals surface area contributed by atoms with Crippen molar-refractivity contribution in [1.82, 2.24) is 15.3 Å². The largest absolute Gasteiger partial charge is 0.466 e. The van der Waals surface area contributed by atoms with Crippen molar-refractivity contribution >= 4 is 11.7 Å². The lowest BCUT2D eigenvalue weighted by atomic mass is 10.1. The van der Waals surface area contributed by atoms with Crippen LogP contribution in [0.1, 0.15) is 47.0 Å². The molecular formula is C17H22N4O2. The van der Waals surface area contributed by atoms with Crippen molar-refractivity contribution in [2.24, 2.45) is 0 Å². The standard InChI is InChI=1S/C17H22N4O2/c1-12-10-14(13(2)23-12)17(22)19-11-15-18-7-6-16(20-15)21-8-4-3-5-9-21/h6-7,10H,3-5,8-9,11H2,1-2H3,(H,19,22). The zero-order valence-corrected chi connectivity index (χ0v) is 13.6. The molecule has 1 aliphatic heterocycles. The lowest BCUT2D eigenvalue weighted by Gasteiger charge is -2.27. The van der Waals surface area contributed by atoms with Crippen LogP contribution in [0.2, 0.25) is 0 Å². The van der Waals surface area contributed by atoms with Crippen molar-refractivity contribution in [3.05, 3.63) is 41.2 Å². The number of hydrogen-bond acceptors (Lipinski definition) is 5. The molecule has 1 N–H and O–H groups in total. The Bertz CT molecular complexity index is 690. The van der Waals surface area contributed by atoms with E-state index in [1.807, 2.05) is 13.0 Å². The highest BCUT2D eigenvalue weighted by Crippen LogP contribution is 2.17. The van der Waals surface area contributed by atoms with Gasteiger partial charge in [-0.3, -0.25) is 4.79 Å². The second-order valence-corrected chi connectivity index (χ2v) is 5.89. The van der Waals surface area contributed by atoms with Gasteiger partial charge in [-0.25, -0.2) is 9.97 Å². The van der Waals surface area contributed by atoms with Crippen molar-refractivity contribution in [2.45, 2.75) is 39.7 Å². The molecule has 2 aromatic rings. The summed E-state index contributed by atoms with van der Waals surface area (Å²) in [5, 5.41) is 2.86. The highest BCUT2D eigenvalue weighted by Gasteiger charge is 2.15. The van der Waals surface area contributed by atoms with Gasteiger partial charge >= 0.3 is 0 Å². The van der Waals surface area contributed by atoms with E-state index >= 15 is 0 Å². The molecule has 1 aliphatic rings. The zero-order chi connectivity index (χ0) is 16.2. The maximum absolute atomic E-state index is 12.2. The summed E-state index contributed by atoms with van der Waals surface area (Å²) >= 11 is 0. The third-order valence-electron chi connectivity index (χ3n) is 4.06. The zero-order valence-electron chi connectivity index (χ0n) is 13.6. The maximum Gasteiger partial charge on any atom is 0.255 e. The Morgan fingerprint density at radius 3 is 2.78 bits per heavy atom. The van der Waals surface area contributed by atoms with Crippen LogP contribution in [-0.4, -0.2) is 29.0 Å². The van der Waals surface area contributed by atoms with Crippen LogP contribution in [0.15, 0.2) is 22.7 Å². The molecular weight excluding hydrogens is 292 g/mol. The molecule has 0 aromatic carbocycles. The number of furan rings is 1. The van der Waals surface area contributed by atoms with Gasteiger partial charge in [0, 0.05) is 19.3 Å². The van der Waals surface area contributed by atoms with E-state index in [1.54, 1.807) is 19.2 Å². The van der Waals surface area contributed by atoms with Crippen molar-refractivity contribution in [1.29, 1.82) is 0 Å². The third kappa shape index (κ3) is 3.70. The summed E-state index contributed by atoms with van der Waals surface area (Å²) in [6.45, 7) is 6.00. The minimum absolute atomic E-state index is 0.161. The number of aromatic nitrogens is 2. The smallest absolute Gasteiger partial charge is 0.255 e. The van der Waals surface area contributed by atoms with Crippen LogP contribution in [0.3, 0.4) is 0 Å². The molecule has 0 saturated carbocycles. The minimum atomic E-state index is -0.161. The van der Waals surface area contributed by atoms with Crippen LogP contribution >= 0.6 is 0 Å². The summed E-state index contributed by atoms with van der Waals surface area (Å²) in [6.07, 6.45) is 5.45.